The SMILES string of the molecule is NC(=O)NC1N=C([O-])NC1=O.[Ag+]. The van der Waals surface area contributed by atoms with Crippen molar-refractivity contribution in [2.45, 2.75) is 6.17 Å². The molecule has 7 nitrogen and oxygen atoms in total. The van der Waals surface area contributed by atoms with Gasteiger partial charge in [0.2, 0.25) is 6.17 Å². The number of amides is 3. The van der Waals surface area contributed by atoms with Crippen LogP contribution in [0.2, 0.25) is 0 Å². The summed E-state index contributed by atoms with van der Waals surface area (Å²) in [7, 11) is 0. The van der Waals surface area contributed by atoms with Crippen LogP contribution in [0.25, 0.3) is 0 Å². The summed E-state index contributed by atoms with van der Waals surface area (Å²) in [4.78, 5) is 24.0. The van der Waals surface area contributed by atoms with Crippen LogP contribution in [0.15, 0.2) is 4.99 Å². The Bertz CT molecular complexity index is 240. The van der Waals surface area contributed by atoms with Crippen molar-refractivity contribution < 1.29 is 37.1 Å². The van der Waals surface area contributed by atoms with Crippen molar-refractivity contribution in [3.05, 3.63) is 0 Å². The third kappa shape index (κ3) is 2.53. The van der Waals surface area contributed by atoms with Gasteiger partial charge in [0.25, 0.3) is 5.91 Å². The standard InChI is InChI=1S/C4H6N4O3.Ag/c5-3(10)6-1-2(9)8-4(11)7-1;/h1H,(H3,5,6,10)(H2,7,8,9,11);/q;+1/p-1. The van der Waals surface area contributed by atoms with Gasteiger partial charge >= 0.3 is 28.4 Å². The molecule has 0 saturated heterocycles. The first kappa shape index (κ1) is 11.0. The number of hydrogen-bond acceptors (Lipinski definition) is 4. The third-order valence-electron chi connectivity index (χ3n) is 1.00. The Balaban J connectivity index is 0.00000121. The molecule has 0 aliphatic carbocycles. The molecule has 0 aromatic carbocycles. The molecule has 0 bridgehead atoms. The Morgan fingerprint density at radius 1 is 1.75 bits per heavy atom. The number of carbonyl (C=O) groups excluding carboxylic acids is 2. The number of hydrogen-bond donors (Lipinski definition) is 3. The van der Waals surface area contributed by atoms with Gasteiger partial charge in [-0.15, -0.1) is 0 Å². The van der Waals surface area contributed by atoms with Gasteiger partial charge in [0.05, 0.1) is 6.02 Å². The van der Waals surface area contributed by atoms with E-state index < -0.39 is 24.1 Å². The summed E-state index contributed by atoms with van der Waals surface area (Å²) >= 11 is 0. The molecule has 0 aromatic rings. The maximum atomic E-state index is 10.6. The number of aliphatic imine (C=N–C) groups is 1. The zero-order chi connectivity index (χ0) is 8.43. The number of primary amides is 1. The molecule has 1 rings (SSSR count). The van der Waals surface area contributed by atoms with Crippen molar-refractivity contribution in [1.29, 1.82) is 0 Å². The number of rotatable bonds is 1. The summed E-state index contributed by atoms with van der Waals surface area (Å²) in [5, 5.41) is 14.2. The molecule has 12 heavy (non-hydrogen) atoms. The molecule has 8 heteroatoms. The maximum absolute atomic E-state index is 10.6. The number of nitrogens with one attached hydrogen (secondary N) is 2. The Kier molecular flexibility index (Phi) is 3.74. The normalized spacial score (nSPS) is 20.5. The van der Waals surface area contributed by atoms with E-state index in [9.17, 15) is 14.7 Å². The van der Waals surface area contributed by atoms with E-state index >= 15 is 0 Å². The van der Waals surface area contributed by atoms with Crippen LogP contribution in [0.5, 0.6) is 0 Å². The van der Waals surface area contributed by atoms with Crippen molar-refractivity contribution in [3.63, 3.8) is 0 Å². The minimum absolute atomic E-state index is 0. The van der Waals surface area contributed by atoms with E-state index in [2.05, 4.69) is 10.7 Å². The molecule has 3 amide bonds. The molecule has 0 saturated carbocycles. The van der Waals surface area contributed by atoms with Gasteiger partial charge in [-0.25, -0.2) is 9.79 Å². The summed E-state index contributed by atoms with van der Waals surface area (Å²) < 4.78 is 0. The Morgan fingerprint density at radius 3 is 2.67 bits per heavy atom. The number of amidine groups is 1. The topological polar surface area (TPSA) is 120 Å². The van der Waals surface area contributed by atoms with E-state index in [1.165, 1.54) is 0 Å². The summed E-state index contributed by atoms with van der Waals surface area (Å²) in [6, 6.07) is -1.67. The molecule has 0 fully saturated rings. The molecule has 0 spiro atoms. The van der Waals surface area contributed by atoms with Crippen LogP contribution in [-0.4, -0.2) is 24.1 Å². The second-order valence-corrected chi connectivity index (χ2v) is 1.83. The van der Waals surface area contributed by atoms with E-state index in [0.29, 0.717) is 0 Å². The molecule has 1 unspecified atom stereocenters. The van der Waals surface area contributed by atoms with Gasteiger partial charge in [0, 0.05) is 0 Å². The number of urea groups is 1. The monoisotopic (exact) mass is 264 g/mol. The van der Waals surface area contributed by atoms with E-state index in [1.54, 1.807) is 0 Å². The molecule has 0 radical (unpaired) electrons. The maximum Gasteiger partial charge on any atom is 1.00 e. The number of nitrogens with two attached hydrogens (primary N) is 1. The van der Waals surface area contributed by atoms with Gasteiger partial charge in [-0.3, -0.25) is 4.79 Å². The minimum Gasteiger partial charge on any atom is -0.846 e. The van der Waals surface area contributed by atoms with E-state index in [4.69, 9.17) is 0 Å². The van der Waals surface area contributed by atoms with Crippen LogP contribution < -0.4 is 21.5 Å². The van der Waals surface area contributed by atoms with Crippen LogP contribution in [0.4, 0.5) is 4.79 Å². The molecule has 4 N–H and O–H groups in total. The zero-order valence-electron chi connectivity index (χ0n) is 5.63. The van der Waals surface area contributed by atoms with Gasteiger partial charge < -0.3 is 21.5 Å². The van der Waals surface area contributed by atoms with Crippen LogP contribution in [0.1, 0.15) is 0 Å². The Hall–Kier alpha value is -1.05. The summed E-state index contributed by atoms with van der Waals surface area (Å²) in [6.07, 6.45) is -1.17. The fourth-order valence-electron chi connectivity index (χ4n) is 0.614. The fourth-order valence-corrected chi connectivity index (χ4v) is 0.614. The average Bonchev–Trinajstić information content (AvgIpc) is 2.09. The first-order chi connectivity index (χ1) is 5.09. The zero-order valence-corrected chi connectivity index (χ0v) is 7.11. The van der Waals surface area contributed by atoms with Crippen LogP contribution >= 0.6 is 0 Å². The second-order valence-electron chi connectivity index (χ2n) is 1.83. The van der Waals surface area contributed by atoms with E-state index in [1.807, 2.05) is 10.6 Å². The van der Waals surface area contributed by atoms with Crippen molar-refractivity contribution in [2.75, 3.05) is 0 Å². The van der Waals surface area contributed by atoms with E-state index in [-0.39, 0.29) is 22.4 Å². The molecule has 1 heterocycles. The summed E-state index contributed by atoms with van der Waals surface area (Å²) in [5.74, 6) is -0.672. The molecular formula is C4H5AgN4O3. The number of carbonyl (C=O) groups is 2. The first-order valence-corrected chi connectivity index (χ1v) is 2.71. The van der Waals surface area contributed by atoms with Gasteiger partial charge in [0.1, 0.15) is 0 Å². The molecule has 0 aromatic heterocycles. The van der Waals surface area contributed by atoms with Crippen LogP contribution in [0.3, 0.4) is 0 Å². The van der Waals surface area contributed by atoms with Gasteiger partial charge in [0.15, 0.2) is 0 Å². The van der Waals surface area contributed by atoms with Gasteiger partial charge in [-0.2, -0.15) is 0 Å². The average molecular weight is 265 g/mol. The quantitative estimate of drug-likeness (QED) is 0.433. The predicted molar refractivity (Wildman–Crippen MR) is 32.1 cm³/mol. The van der Waals surface area contributed by atoms with Crippen molar-refractivity contribution >= 4 is 18.0 Å². The number of nitrogens with zero attached hydrogens (tertiary/aromatic N) is 1. The largest absolute Gasteiger partial charge is 1.00 e. The molecule has 1 aliphatic rings. The third-order valence-corrected chi connectivity index (χ3v) is 1.00. The summed E-state index contributed by atoms with van der Waals surface area (Å²) in [6.45, 7) is 0. The first-order valence-electron chi connectivity index (χ1n) is 2.71. The van der Waals surface area contributed by atoms with Crippen LogP contribution in [0, 0.1) is 0 Å². The van der Waals surface area contributed by atoms with Crippen molar-refractivity contribution in [1.82, 2.24) is 10.6 Å². The van der Waals surface area contributed by atoms with Crippen molar-refractivity contribution in [2.24, 2.45) is 10.7 Å². The molecule has 1 atom stereocenters. The Labute approximate surface area is 82.9 Å². The van der Waals surface area contributed by atoms with Gasteiger partial charge in [-0.1, -0.05) is 0 Å². The smallest absolute Gasteiger partial charge is 0.846 e. The van der Waals surface area contributed by atoms with Gasteiger partial charge in [-0.05, 0) is 0 Å². The molecular weight excluding hydrogens is 260 g/mol. The van der Waals surface area contributed by atoms with E-state index in [0.717, 1.165) is 0 Å². The van der Waals surface area contributed by atoms with Crippen LogP contribution in [-0.2, 0) is 27.2 Å². The minimum atomic E-state index is -1.17. The Morgan fingerprint density at radius 2 is 2.33 bits per heavy atom. The summed E-state index contributed by atoms with van der Waals surface area (Å²) in [5.41, 5.74) is 4.68. The fraction of sp³-hybridized carbons (Fsp3) is 0.250. The molecule has 1 aliphatic heterocycles. The molecule has 70 valence electrons. The van der Waals surface area contributed by atoms with Crippen molar-refractivity contribution in [3.8, 4) is 0 Å². The second kappa shape index (κ2) is 4.10. The predicted octanol–water partition coefficient (Wildman–Crippen LogP) is -3.18.